The summed E-state index contributed by atoms with van der Waals surface area (Å²) < 4.78 is 0. The van der Waals surface area contributed by atoms with Gasteiger partial charge >= 0.3 is 0 Å². The molecule has 6 rings (SSSR count). The van der Waals surface area contributed by atoms with E-state index in [9.17, 15) is 9.90 Å². The van der Waals surface area contributed by atoms with Crippen LogP contribution in [0.4, 0.5) is 0 Å². The van der Waals surface area contributed by atoms with Gasteiger partial charge in [-0.1, -0.05) is 56.7 Å². The highest BCUT2D eigenvalue weighted by Gasteiger charge is 2.65. The number of aliphatic hydroxyl groups is 1. The van der Waals surface area contributed by atoms with Crippen molar-refractivity contribution in [3.63, 3.8) is 0 Å². The standard InChI is InChI=1S/C30H35NO2S/c1-19-16-25-23-10-9-21-17-22(32)12-14-28(21,2)24(23)13-15-29(25,3)30(19,33)18-34-27-11-8-20-6-4-5-7-26(20)31-27/h4-8,11-12,14,17,19,23-25,33H,9-10,13,15-16,18H2,1-3H3/t19-,23?,24?,25?,28?,29?,30-/m1/s1. The third kappa shape index (κ3) is 3.14. The lowest BCUT2D eigenvalue weighted by molar-refractivity contribution is -0.120. The first-order chi connectivity index (χ1) is 16.2. The number of thioether (sulfide) groups is 1. The molecule has 1 aromatic heterocycles. The van der Waals surface area contributed by atoms with E-state index in [1.807, 2.05) is 18.2 Å². The minimum Gasteiger partial charge on any atom is -0.388 e. The Labute approximate surface area is 207 Å². The van der Waals surface area contributed by atoms with E-state index in [4.69, 9.17) is 4.98 Å². The molecule has 1 aromatic carbocycles. The Morgan fingerprint density at radius 1 is 1.12 bits per heavy atom. The number of ketones is 1. The highest BCUT2D eigenvalue weighted by Crippen LogP contribution is 2.68. The van der Waals surface area contributed by atoms with Crippen LogP contribution in [-0.2, 0) is 4.79 Å². The summed E-state index contributed by atoms with van der Waals surface area (Å²) in [6.07, 6.45) is 11.3. The van der Waals surface area contributed by atoms with Crippen LogP contribution < -0.4 is 0 Å². The Morgan fingerprint density at radius 2 is 1.94 bits per heavy atom. The minimum absolute atomic E-state index is 0.00582. The van der Waals surface area contributed by atoms with Gasteiger partial charge < -0.3 is 5.11 Å². The quantitative estimate of drug-likeness (QED) is 0.510. The lowest BCUT2D eigenvalue weighted by Gasteiger charge is -2.58. The van der Waals surface area contributed by atoms with Crippen LogP contribution in [-0.4, -0.2) is 27.2 Å². The van der Waals surface area contributed by atoms with E-state index in [0.29, 0.717) is 23.5 Å². The molecule has 0 bridgehead atoms. The van der Waals surface area contributed by atoms with E-state index < -0.39 is 5.60 Å². The topological polar surface area (TPSA) is 50.2 Å². The van der Waals surface area contributed by atoms with Crippen molar-refractivity contribution in [2.75, 3.05) is 5.75 Å². The third-order valence-electron chi connectivity index (χ3n) is 10.4. The van der Waals surface area contributed by atoms with Crippen molar-refractivity contribution < 1.29 is 9.90 Å². The average Bonchev–Trinajstić information content (AvgIpc) is 3.04. The van der Waals surface area contributed by atoms with Gasteiger partial charge in [0, 0.05) is 22.0 Å². The van der Waals surface area contributed by atoms with Gasteiger partial charge in [-0.2, -0.15) is 0 Å². The summed E-state index contributed by atoms with van der Waals surface area (Å²) in [6.45, 7) is 6.99. The molecule has 2 aromatic rings. The fourth-order valence-electron chi connectivity index (χ4n) is 8.25. The van der Waals surface area contributed by atoms with Gasteiger partial charge in [-0.05, 0) is 80.1 Å². The smallest absolute Gasteiger partial charge is 0.178 e. The molecule has 3 nitrogen and oxygen atoms in total. The molecule has 1 N–H and O–H groups in total. The van der Waals surface area contributed by atoms with Crippen LogP contribution in [0, 0.1) is 34.5 Å². The lowest BCUT2D eigenvalue weighted by atomic mass is 9.47. The summed E-state index contributed by atoms with van der Waals surface area (Å²) in [6, 6.07) is 12.5. The number of aromatic nitrogens is 1. The molecule has 0 saturated heterocycles. The Balaban J connectivity index is 1.26. The van der Waals surface area contributed by atoms with E-state index in [1.54, 1.807) is 17.8 Å². The Kier molecular flexibility index (Phi) is 5.17. The van der Waals surface area contributed by atoms with Crippen LogP contribution in [0.1, 0.15) is 52.9 Å². The number of para-hydroxylation sites is 1. The van der Waals surface area contributed by atoms with E-state index >= 15 is 0 Å². The average molecular weight is 474 g/mol. The fraction of sp³-hybridized carbons (Fsp3) is 0.533. The van der Waals surface area contributed by atoms with Gasteiger partial charge in [0.05, 0.1) is 16.1 Å². The zero-order valence-electron chi connectivity index (χ0n) is 20.5. The van der Waals surface area contributed by atoms with E-state index in [0.717, 1.165) is 48.0 Å². The number of fused-ring (bicyclic) bond motifs is 6. The maximum Gasteiger partial charge on any atom is 0.178 e. The molecular formula is C30H35NO2S. The van der Waals surface area contributed by atoms with Crippen molar-refractivity contribution in [3.8, 4) is 0 Å². The first-order valence-electron chi connectivity index (χ1n) is 12.9. The number of allylic oxidation sites excluding steroid dienone is 4. The summed E-state index contributed by atoms with van der Waals surface area (Å²) >= 11 is 1.72. The monoisotopic (exact) mass is 473 g/mol. The number of nitrogens with zero attached hydrogens (tertiary/aromatic N) is 1. The van der Waals surface area contributed by atoms with Crippen LogP contribution in [0.25, 0.3) is 10.9 Å². The second-order valence-corrected chi connectivity index (χ2v) is 12.7. The van der Waals surface area contributed by atoms with Crippen LogP contribution in [0.15, 0.2) is 65.2 Å². The highest BCUT2D eigenvalue weighted by molar-refractivity contribution is 7.99. The SMILES string of the molecule is C[C@@H]1CC2C3CCC4=CC(=O)C=CC4(C)C3CCC2(C)[C@@]1(O)CSc1ccc2ccccc2n1. The lowest BCUT2D eigenvalue weighted by Crippen LogP contribution is -2.56. The summed E-state index contributed by atoms with van der Waals surface area (Å²) in [7, 11) is 0. The van der Waals surface area contributed by atoms with E-state index in [-0.39, 0.29) is 22.5 Å². The van der Waals surface area contributed by atoms with Crippen molar-refractivity contribution in [2.24, 2.45) is 34.5 Å². The summed E-state index contributed by atoms with van der Waals surface area (Å²) in [5.41, 5.74) is 1.58. The minimum atomic E-state index is -0.698. The van der Waals surface area contributed by atoms with Gasteiger partial charge in [-0.25, -0.2) is 4.98 Å². The van der Waals surface area contributed by atoms with Gasteiger partial charge in [-0.15, -0.1) is 11.8 Å². The maximum absolute atomic E-state index is 12.3. The predicted molar refractivity (Wildman–Crippen MR) is 139 cm³/mol. The van der Waals surface area contributed by atoms with Crippen molar-refractivity contribution in [1.82, 2.24) is 4.98 Å². The van der Waals surface area contributed by atoms with E-state index in [1.165, 1.54) is 5.57 Å². The summed E-state index contributed by atoms with van der Waals surface area (Å²) in [5.74, 6) is 2.82. The number of carbonyl (C=O) groups excluding carboxylic acids is 1. The Morgan fingerprint density at radius 3 is 2.79 bits per heavy atom. The van der Waals surface area contributed by atoms with Gasteiger partial charge in [0.1, 0.15) is 0 Å². The highest BCUT2D eigenvalue weighted by atomic mass is 32.2. The Bertz CT molecular complexity index is 1220. The molecule has 0 amide bonds. The molecular weight excluding hydrogens is 438 g/mol. The van der Waals surface area contributed by atoms with Crippen LogP contribution in [0.3, 0.4) is 0 Å². The summed E-state index contributed by atoms with van der Waals surface area (Å²) in [5, 5.41) is 14.4. The Hall–Kier alpha value is -1.91. The molecule has 3 fully saturated rings. The van der Waals surface area contributed by atoms with Crippen molar-refractivity contribution in [2.45, 2.75) is 63.5 Å². The van der Waals surface area contributed by atoms with Crippen LogP contribution in [0.5, 0.6) is 0 Å². The molecule has 34 heavy (non-hydrogen) atoms. The molecule has 3 saturated carbocycles. The summed E-state index contributed by atoms with van der Waals surface area (Å²) in [4.78, 5) is 16.9. The number of benzene rings is 1. The van der Waals surface area contributed by atoms with Gasteiger partial charge in [0.2, 0.25) is 0 Å². The first kappa shape index (κ1) is 22.5. The van der Waals surface area contributed by atoms with Crippen molar-refractivity contribution in [1.29, 1.82) is 0 Å². The number of carbonyl (C=O) groups is 1. The second kappa shape index (κ2) is 7.80. The molecule has 4 heteroatoms. The molecule has 178 valence electrons. The van der Waals surface area contributed by atoms with Gasteiger partial charge in [0.25, 0.3) is 0 Å². The second-order valence-electron chi connectivity index (χ2n) is 11.8. The molecule has 7 atom stereocenters. The number of rotatable bonds is 3. The predicted octanol–water partition coefficient (Wildman–Crippen LogP) is 6.61. The molecule has 4 aliphatic carbocycles. The number of pyridine rings is 1. The molecule has 4 aliphatic rings. The molecule has 1 heterocycles. The van der Waals surface area contributed by atoms with Crippen LogP contribution in [0.2, 0.25) is 0 Å². The first-order valence-corrected chi connectivity index (χ1v) is 13.9. The number of hydrogen-bond donors (Lipinski definition) is 1. The van der Waals surface area contributed by atoms with Crippen molar-refractivity contribution in [3.05, 3.63) is 60.2 Å². The molecule has 0 aliphatic heterocycles. The van der Waals surface area contributed by atoms with Crippen LogP contribution >= 0.6 is 11.8 Å². The number of hydrogen-bond acceptors (Lipinski definition) is 4. The third-order valence-corrected chi connectivity index (χ3v) is 11.5. The van der Waals surface area contributed by atoms with Gasteiger partial charge in [-0.3, -0.25) is 4.79 Å². The molecule has 5 unspecified atom stereocenters. The fourth-order valence-corrected chi connectivity index (χ4v) is 9.56. The zero-order chi connectivity index (χ0) is 23.7. The molecule has 0 radical (unpaired) electrons. The largest absolute Gasteiger partial charge is 0.388 e. The van der Waals surface area contributed by atoms with Crippen molar-refractivity contribution >= 4 is 28.4 Å². The molecule has 0 spiro atoms. The zero-order valence-corrected chi connectivity index (χ0v) is 21.3. The normalized spacial score (nSPS) is 41.1. The van der Waals surface area contributed by atoms with Gasteiger partial charge in [0.15, 0.2) is 5.78 Å². The maximum atomic E-state index is 12.3. The van der Waals surface area contributed by atoms with E-state index in [2.05, 4.69) is 51.1 Å².